The summed E-state index contributed by atoms with van der Waals surface area (Å²) in [5.41, 5.74) is 8.73. The number of halogens is 1. The van der Waals surface area contributed by atoms with Crippen molar-refractivity contribution >= 4 is 39.2 Å². The van der Waals surface area contributed by atoms with Crippen molar-refractivity contribution in [1.82, 2.24) is 4.98 Å². The van der Waals surface area contributed by atoms with Crippen molar-refractivity contribution in [3.8, 4) is 11.5 Å². The third-order valence-corrected chi connectivity index (χ3v) is 3.83. The molecule has 0 aliphatic carbocycles. The third-order valence-electron chi connectivity index (χ3n) is 3.50. The number of anilines is 1. The molecule has 0 saturated heterocycles. The molecule has 102 valence electrons. The van der Waals surface area contributed by atoms with Gasteiger partial charge in [-0.3, -0.25) is 0 Å². The normalized spacial score (nSPS) is 11.3. The summed E-state index contributed by atoms with van der Waals surface area (Å²) in [5.74, 6) is 0.485. The highest BCUT2D eigenvalue weighted by Crippen LogP contribution is 2.33. The fourth-order valence-electron chi connectivity index (χ4n) is 2.48. The van der Waals surface area contributed by atoms with Gasteiger partial charge in [0, 0.05) is 11.1 Å². The highest BCUT2D eigenvalue weighted by molar-refractivity contribution is 6.33. The van der Waals surface area contributed by atoms with Crippen LogP contribution >= 0.6 is 11.6 Å². The molecule has 4 rings (SSSR count). The molecule has 0 radical (unpaired) electrons. The molecule has 2 N–H and O–H groups in total. The Bertz CT molecular complexity index is 975. The average molecular weight is 295 g/mol. The van der Waals surface area contributed by atoms with Gasteiger partial charge in [0.1, 0.15) is 5.52 Å². The van der Waals surface area contributed by atoms with Crippen LogP contribution < -0.4 is 5.73 Å². The van der Waals surface area contributed by atoms with Gasteiger partial charge in [-0.15, -0.1) is 0 Å². The number of hydrogen-bond acceptors (Lipinski definition) is 3. The third kappa shape index (κ3) is 1.94. The molecule has 3 nitrogen and oxygen atoms in total. The van der Waals surface area contributed by atoms with Crippen LogP contribution in [0, 0.1) is 0 Å². The number of oxazole rings is 1. The first-order valence-electron chi connectivity index (χ1n) is 6.56. The minimum absolute atomic E-state index is 0.485. The standard InChI is InChI=1S/C17H11ClN2O/c18-14-7-6-11(19)9-13(14)17-20-16-12-4-2-1-3-10(12)5-8-15(16)21-17/h1-9H,19H2. The Balaban J connectivity index is 2.03. The zero-order chi connectivity index (χ0) is 14.4. The number of aromatic nitrogens is 1. The monoisotopic (exact) mass is 294 g/mol. The van der Waals surface area contributed by atoms with E-state index < -0.39 is 0 Å². The summed E-state index contributed by atoms with van der Waals surface area (Å²) in [4.78, 5) is 4.61. The number of nitrogens with zero attached hydrogens (tertiary/aromatic N) is 1. The van der Waals surface area contributed by atoms with Gasteiger partial charge >= 0.3 is 0 Å². The molecular formula is C17H11ClN2O. The molecule has 0 aliphatic rings. The van der Waals surface area contributed by atoms with E-state index in [4.69, 9.17) is 21.8 Å². The van der Waals surface area contributed by atoms with E-state index in [1.165, 1.54) is 0 Å². The fourth-order valence-corrected chi connectivity index (χ4v) is 2.68. The number of nitrogen functional groups attached to an aromatic ring is 1. The molecule has 4 heteroatoms. The van der Waals surface area contributed by atoms with Crippen LogP contribution in [0.15, 0.2) is 59.0 Å². The van der Waals surface area contributed by atoms with Crippen molar-refractivity contribution in [1.29, 1.82) is 0 Å². The van der Waals surface area contributed by atoms with Gasteiger partial charge in [0.25, 0.3) is 0 Å². The molecule has 0 saturated carbocycles. The summed E-state index contributed by atoms with van der Waals surface area (Å²) in [6, 6.07) is 17.3. The van der Waals surface area contributed by atoms with Gasteiger partial charge in [-0.25, -0.2) is 4.98 Å². The van der Waals surface area contributed by atoms with Gasteiger partial charge in [-0.2, -0.15) is 0 Å². The lowest BCUT2D eigenvalue weighted by molar-refractivity contribution is 0.620. The van der Waals surface area contributed by atoms with E-state index in [1.54, 1.807) is 18.2 Å². The number of nitrogens with two attached hydrogens (primary N) is 1. The van der Waals surface area contributed by atoms with Crippen LogP contribution in [0.3, 0.4) is 0 Å². The van der Waals surface area contributed by atoms with Crippen molar-refractivity contribution in [3.63, 3.8) is 0 Å². The Hall–Kier alpha value is -2.52. The molecule has 0 atom stereocenters. The molecule has 1 heterocycles. The molecule has 0 unspecified atom stereocenters. The SMILES string of the molecule is Nc1ccc(Cl)c(-c2nc3c(ccc4ccccc43)o2)c1. The van der Waals surface area contributed by atoms with Crippen molar-refractivity contribution in [2.75, 3.05) is 5.73 Å². The predicted molar refractivity (Wildman–Crippen MR) is 86.4 cm³/mol. The minimum atomic E-state index is 0.485. The maximum absolute atomic E-state index is 6.22. The van der Waals surface area contributed by atoms with Crippen molar-refractivity contribution in [3.05, 3.63) is 59.6 Å². The van der Waals surface area contributed by atoms with Gasteiger partial charge in [-0.05, 0) is 29.7 Å². The molecule has 21 heavy (non-hydrogen) atoms. The van der Waals surface area contributed by atoms with Crippen LogP contribution in [0.25, 0.3) is 33.3 Å². The highest BCUT2D eigenvalue weighted by atomic mass is 35.5. The van der Waals surface area contributed by atoms with Crippen molar-refractivity contribution < 1.29 is 4.42 Å². The topological polar surface area (TPSA) is 52.0 Å². The van der Waals surface area contributed by atoms with E-state index >= 15 is 0 Å². The lowest BCUT2D eigenvalue weighted by atomic mass is 10.1. The number of hydrogen-bond donors (Lipinski definition) is 1. The first-order chi connectivity index (χ1) is 10.2. The lowest BCUT2D eigenvalue weighted by Gasteiger charge is -2.00. The van der Waals surface area contributed by atoms with Gasteiger partial charge in [-0.1, -0.05) is 41.9 Å². The van der Waals surface area contributed by atoms with Crippen LogP contribution in [-0.4, -0.2) is 4.98 Å². The van der Waals surface area contributed by atoms with E-state index in [0.29, 0.717) is 22.2 Å². The second kappa shape index (κ2) is 4.50. The van der Waals surface area contributed by atoms with Crippen LogP contribution in [0.1, 0.15) is 0 Å². The summed E-state index contributed by atoms with van der Waals surface area (Å²) < 4.78 is 5.85. The summed E-state index contributed by atoms with van der Waals surface area (Å²) >= 11 is 6.22. The first-order valence-corrected chi connectivity index (χ1v) is 6.94. The van der Waals surface area contributed by atoms with Gasteiger partial charge in [0.15, 0.2) is 5.58 Å². The summed E-state index contributed by atoms with van der Waals surface area (Å²) in [6.07, 6.45) is 0. The van der Waals surface area contributed by atoms with E-state index in [9.17, 15) is 0 Å². The summed E-state index contributed by atoms with van der Waals surface area (Å²) in [5, 5.41) is 2.76. The number of fused-ring (bicyclic) bond motifs is 3. The highest BCUT2D eigenvalue weighted by Gasteiger charge is 2.13. The van der Waals surface area contributed by atoms with Crippen LogP contribution in [0.4, 0.5) is 5.69 Å². The molecule has 0 bridgehead atoms. The maximum Gasteiger partial charge on any atom is 0.228 e. The maximum atomic E-state index is 6.22. The van der Waals surface area contributed by atoms with E-state index in [1.807, 2.05) is 30.3 Å². The zero-order valence-electron chi connectivity index (χ0n) is 11.0. The fraction of sp³-hybridized carbons (Fsp3) is 0. The molecule has 3 aromatic carbocycles. The van der Waals surface area contributed by atoms with Gasteiger partial charge in [0.2, 0.25) is 5.89 Å². The molecular weight excluding hydrogens is 284 g/mol. The lowest BCUT2D eigenvalue weighted by Crippen LogP contribution is -1.86. The number of benzene rings is 3. The van der Waals surface area contributed by atoms with Crippen LogP contribution in [0.2, 0.25) is 5.02 Å². The van der Waals surface area contributed by atoms with E-state index in [0.717, 1.165) is 21.9 Å². The largest absolute Gasteiger partial charge is 0.436 e. The van der Waals surface area contributed by atoms with E-state index in [-0.39, 0.29) is 0 Å². The molecule has 0 amide bonds. The molecule has 0 spiro atoms. The van der Waals surface area contributed by atoms with Gasteiger partial charge < -0.3 is 10.2 Å². The van der Waals surface area contributed by atoms with E-state index in [2.05, 4.69) is 11.1 Å². The quantitative estimate of drug-likeness (QED) is 0.509. The second-order valence-electron chi connectivity index (χ2n) is 4.89. The van der Waals surface area contributed by atoms with Gasteiger partial charge in [0.05, 0.1) is 10.6 Å². The Morgan fingerprint density at radius 1 is 1.00 bits per heavy atom. The smallest absolute Gasteiger partial charge is 0.228 e. The molecule has 1 aromatic heterocycles. The Morgan fingerprint density at radius 3 is 2.76 bits per heavy atom. The Morgan fingerprint density at radius 2 is 1.86 bits per heavy atom. The van der Waals surface area contributed by atoms with Crippen molar-refractivity contribution in [2.24, 2.45) is 0 Å². The Labute approximate surface area is 126 Å². The summed E-state index contributed by atoms with van der Waals surface area (Å²) in [7, 11) is 0. The van der Waals surface area contributed by atoms with Crippen molar-refractivity contribution in [2.45, 2.75) is 0 Å². The molecule has 0 aliphatic heterocycles. The Kier molecular flexibility index (Phi) is 2.62. The molecule has 0 fully saturated rings. The zero-order valence-corrected chi connectivity index (χ0v) is 11.8. The summed E-state index contributed by atoms with van der Waals surface area (Å²) in [6.45, 7) is 0. The number of rotatable bonds is 1. The van der Waals surface area contributed by atoms with Crippen LogP contribution in [-0.2, 0) is 0 Å². The molecule has 4 aromatic rings. The second-order valence-corrected chi connectivity index (χ2v) is 5.30. The van der Waals surface area contributed by atoms with Crippen LogP contribution in [0.5, 0.6) is 0 Å². The minimum Gasteiger partial charge on any atom is -0.436 e. The predicted octanol–water partition coefficient (Wildman–Crippen LogP) is 4.88. The average Bonchev–Trinajstić information content (AvgIpc) is 2.94. The first kappa shape index (κ1) is 12.2.